The fraction of sp³-hybridized carbons (Fsp3) is 0.455. The molecule has 1 heterocycles. The molecule has 7 nitrogen and oxygen atoms in total. The molecule has 0 bridgehead atoms. The Bertz CT molecular complexity index is 873. The number of halogens is 1. The fourth-order valence-corrected chi connectivity index (χ4v) is 3.54. The quantitative estimate of drug-likeness (QED) is 0.506. The summed E-state index contributed by atoms with van der Waals surface area (Å²) in [6, 6.07) is 9.16. The van der Waals surface area contributed by atoms with Crippen LogP contribution in [-0.2, 0) is 6.54 Å². The van der Waals surface area contributed by atoms with Crippen LogP contribution in [0.2, 0.25) is 0 Å². The summed E-state index contributed by atoms with van der Waals surface area (Å²) in [4.78, 5) is 0. The summed E-state index contributed by atoms with van der Waals surface area (Å²) in [5.41, 5.74) is 1.27. The van der Waals surface area contributed by atoms with Gasteiger partial charge in [-0.15, -0.1) is 0 Å². The van der Waals surface area contributed by atoms with Crippen molar-refractivity contribution in [2.75, 3.05) is 33.5 Å². The molecule has 0 aliphatic carbocycles. The molecule has 2 aromatic rings. The molecular formula is C22H28BrNO6. The maximum absolute atomic E-state index is 10.6. The van der Waals surface area contributed by atoms with Crippen LogP contribution in [-0.4, -0.2) is 49.3 Å². The summed E-state index contributed by atoms with van der Waals surface area (Å²) in [7, 11) is 1.57. The van der Waals surface area contributed by atoms with Gasteiger partial charge in [-0.25, -0.2) is 0 Å². The van der Waals surface area contributed by atoms with Crippen molar-refractivity contribution < 1.29 is 29.2 Å². The van der Waals surface area contributed by atoms with Gasteiger partial charge in [0.1, 0.15) is 25.9 Å². The van der Waals surface area contributed by atoms with Crippen molar-refractivity contribution in [3.63, 3.8) is 0 Å². The molecule has 1 atom stereocenters. The number of hydrogen-bond acceptors (Lipinski definition) is 7. The molecule has 1 aliphatic rings. The molecule has 164 valence electrons. The maximum Gasteiger partial charge on any atom is 0.175 e. The summed E-state index contributed by atoms with van der Waals surface area (Å²) in [6.45, 7) is 5.50. The monoisotopic (exact) mass is 481 g/mol. The average Bonchev–Trinajstić information content (AvgIpc) is 2.76. The number of hydrogen-bond donors (Lipinski definition) is 3. The first-order valence-electron chi connectivity index (χ1n) is 9.75. The standard InChI is InChI=1S/C22H28BrNO6/c1-22(2,13-25)24-11-14-8-16(23)21(20(9-14)27-3)30-12-17(26)15-4-5-18-19(10-15)29-7-6-28-18/h4-5,8-10,17,24-26H,6-7,11-13H2,1-3H3. The average molecular weight is 482 g/mol. The minimum atomic E-state index is -0.843. The van der Waals surface area contributed by atoms with E-state index in [1.807, 2.05) is 26.0 Å². The number of methoxy groups -OCH3 is 1. The van der Waals surface area contributed by atoms with Gasteiger partial charge in [0, 0.05) is 12.1 Å². The van der Waals surface area contributed by atoms with Gasteiger partial charge in [-0.2, -0.15) is 0 Å². The van der Waals surface area contributed by atoms with Gasteiger partial charge in [0.05, 0.1) is 18.2 Å². The summed E-state index contributed by atoms with van der Waals surface area (Å²) in [6.07, 6.45) is -0.843. The first kappa shape index (κ1) is 22.7. The van der Waals surface area contributed by atoms with Crippen LogP contribution in [0.3, 0.4) is 0 Å². The summed E-state index contributed by atoms with van der Waals surface area (Å²) >= 11 is 3.53. The second-order valence-corrected chi connectivity index (χ2v) is 8.59. The van der Waals surface area contributed by atoms with E-state index in [4.69, 9.17) is 18.9 Å². The van der Waals surface area contributed by atoms with E-state index in [1.165, 1.54) is 0 Å². The Morgan fingerprint density at radius 1 is 1.17 bits per heavy atom. The van der Waals surface area contributed by atoms with Gasteiger partial charge in [0.2, 0.25) is 0 Å². The molecule has 0 radical (unpaired) electrons. The Labute approximate surface area is 185 Å². The molecule has 0 saturated heterocycles. The van der Waals surface area contributed by atoms with Crippen molar-refractivity contribution in [2.45, 2.75) is 32.0 Å². The Balaban J connectivity index is 1.68. The van der Waals surface area contributed by atoms with E-state index in [2.05, 4.69) is 21.2 Å². The third-order valence-corrected chi connectivity index (χ3v) is 5.38. The third kappa shape index (κ3) is 5.57. The van der Waals surface area contributed by atoms with Gasteiger partial charge in [0.15, 0.2) is 23.0 Å². The molecule has 0 aromatic heterocycles. The Kier molecular flexibility index (Phi) is 7.46. The first-order valence-corrected chi connectivity index (χ1v) is 10.5. The second kappa shape index (κ2) is 9.87. The van der Waals surface area contributed by atoms with Crippen molar-refractivity contribution in [1.82, 2.24) is 5.32 Å². The van der Waals surface area contributed by atoms with Crippen LogP contribution in [0.5, 0.6) is 23.0 Å². The molecule has 0 fully saturated rings. The van der Waals surface area contributed by atoms with Crippen LogP contribution >= 0.6 is 15.9 Å². The molecule has 1 aliphatic heterocycles. The topological polar surface area (TPSA) is 89.4 Å². The number of fused-ring (bicyclic) bond motifs is 1. The predicted octanol–water partition coefficient (Wildman–Crippen LogP) is 3.20. The zero-order valence-electron chi connectivity index (χ0n) is 17.4. The van der Waals surface area contributed by atoms with Crippen LogP contribution in [0, 0.1) is 0 Å². The molecule has 8 heteroatoms. The molecule has 0 saturated carbocycles. The van der Waals surface area contributed by atoms with Crippen molar-refractivity contribution in [2.24, 2.45) is 0 Å². The van der Waals surface area contributed by atoms with Crippen LogP contribution in [0.1, 0.15) is 31.1 Å². The molecule has 1 unspecified atom stereocenters. The Morgan fingerprint density at radius 3 is 2.60 bits per heavy atom. The van der Waals surface area contributed by atoms with E-state index in [0.717, 1.165) is 10.0 Å². The smallest absolute Gasteiger partial charge is 0.175 e. The van der Waals surface area contributed by atoms with E-state index < -0.39 is 6.10 Å². The zero-order chi connectivity index (χ0) is 21.7. The van der Waals surface area contributed by atoms with E-state index >= 15 is 0 Å². The SMILES string of the molecule is COc1cc(CNC(C)(C)CO)cc(Br)c1OCC(O)c1ccc2c(c1)OCCO2. The lowest BCUT2D eigenvalue weighted by molar-refractivity contribution is 0.105. The van der Waals surface area contributed by atoms with Gasteiger partial charge < -0.3 is 34.5 Å². The minimum absolute atomic E-state index is 0.0320. The Hall–Kier alpha value is -2.00. The number of aliphatic hydroxyl groups excluding tert-OH is 2. The van der Waals surface area contributed by atoms with Crippen molar-refractivity contribution in [1.29, 1.82) is 0 Å². The van der Waals surface area contributed by atoms with E-state index in [-0.39, 0.29) is 18.8 Å². The predicted molar refractivity (Wildman–Crippen MR) is 117 cm³/mol. The molecule has 0 amide bonds. The number of aliphatic hydroxyl groups is 2. The van der Waals surface area contributed by atoms with Gasteiger partial charge in [0.25, 0.3) is 0 Å². The van der Waals surface area contributed by atoms with Crippen LogP contribution in [0.25, 0.3) is 0 Å². The number of rotatable bonds is 9. The first-order chi connectivity index (χ1) is 14.3. The highest BCUT2D eigenvalue weighted by Gasteiger charge is 2.19. The molecular weight excluding hydrogens is 454 g/mol. The van der Waals surface area contributed by atoms with Crippen LogP contribution in [0.15, 0.2) is 34.8 Å². The van der Waals surface area contributed by atoms with Crippen molar-refractivity contribution in [3.8, 4) is 23.0 Å². The highest BCUT2D eigenvalue weighted by atomic mass is 79.9. The lowest BCUT2D eigenvalue weighted by atomic mass is 10.1. The molecule has 30 heavy (non-hydrogen) atoms. The lowest BCUT2D eigenvalue weighted by Gasteiger charge is -2.24. The van der Waals surface area contributed by atoms with Gasteiger partial charge in [-0.1, -0.05) is 6.07 Å². The summed E-state index contributed by atoms with van der Waals surface area (Å²) < 4.78 is 23.2. The van der Waals surface area contributed by atoms with Crippen LogP contribution in [0.4, 0.5) is 0 Å². The highest BCUT2D eigenvalue weighted by molar-refractivity contribution is 9.10. The number of benzene rings is 2. The van der Waals surface area contributed by atoms with Gasteiger partial charge in [-0.05, 0) is 65.2 Å². The van der Waals surface area contributed by atoms with E-state index in [9.17, 15) is 10.2 Å². The van der Waals surface area contributed by atoms with Gasteiger partial charge >= 0.3 is 0 Å². The van der Waals surface area contributed by atoms with Crippen LogP contribution < -0.4 is 24.3 Å². The van der Waals surface area contributed by atoms with Crippen molar-refractivity contribution >= 4 is 15.9 Å². The lowest BCUT2D eigenvalue weighted by Crippen LogP contribution is -2.42. The third-order valence-electron chi connectivity index (χ3n) is 4.79. The maximum atomic E-state index is 10.6. The summed E-state index contributed by atoms with van der Waals surface area (Å²) in [5.74, 6) is 2.37. The highest BCUT2D eigenvalue weighted by Crippen LogP contribution is 2.38. The van der Waals surface area contributed by atoms with Gasteiger partial charge in [-0.3, -0.25) is 0 Å². The zero-order valence-corrected chi connectivity index (χ0v) is 19.0. The second-order valence-electron chi connectivity index (χ2n) is 7.73. The fourth-order valence-electron chi connectivity index (χ4n) is 2.94. The number of ether oxygens (including phenoxy) is 4. The normalized spacial score (nSPS) is 14.3. The molecule has 3 rings (SSSR count). The number of nitrogens with one attached hydrogen (secondary N) is 1. The molecule has 3 N–H and O–H groups in total. The minimum Gasteiger partial charge on any atom is -0.493 e. The molecule has 0 spiro atoms. The van der Waals surface area contributed by atoms with E-state index in [0.29, 0.717) is 48.3 Å². The summed E-state index contributed by atoms with van der Waals surface area (Å²) in [5, 5.41) is 23.3. The van der Waals surface area contributed by atoms with Crippen molar-refractivity contribution in [3.05, 3.63) is 45.9 Å². The Morgan fingerprint density at radius 2 is 1.90 bits per heavy atom. The van der Waals surface area contributed by atoms with E-state index in [1.54, 1.807) is 25.3 Å². The largest absolute Gasteiger partial charge is 0.493 e. The molecule has 2 aromatic carbocycles.